The number of carbonyl (C=O) groups excluding carboxylic acids is 2. The Morgan fingerprint density at radius 3 is 2.55 bits per heavy atom. The number of benzene rings is 1. The van der Waals surface area contributed by atoms with Crippen LogP contribution in [0.4, 0.5) is 0 Å². The molecule has 1 aromatic carbocycles. The van der Waals surface area contributed by atoms with E-state index >= 15 is 0 Å². The zero-order chi connectivity index (χ0) is 21.6. The maximum Gasteiger partial charge on any atom is 0.264 e. The van der Waals surface area contributed by atoms with E-state index in [1.54, 1.807) is 4.90 Å². The van der Waals surface area contributed by atoms with Crippen molar-refractivity contribution in [3.8, 4) is 0 Å². The first kappa shape index (κ1) is 23.3. The topological polar surface area (TPSA) is 96.0 Å². The van der Waals surface area contributed by atoms with Gasteiger partial charge in [-0.05, 0) is 50.5 Å². The lowest BCUT2D eigenvalue weighted by Crippen LogP contribution is -2.47. The van der Waals surface area contributed by atoms with Gasteiger partial charge in [-0.1, -0.05) is 17.8 Å². The largest absolute Gasteiger partial charge is 0.353 e. The van der Waals surface area contributed by atoms with E-state index in [4.69, 9.17) is 4.84 Å². The van der Waals surface area contributed by atoms with Crippen molar-refractivity contribution >= 4 is 21.8 Å². The number of hydrogen-bond acceptors (Lipinski definition) is 5. The van der Waals surface area contributed by atoms with Crippen molar-refractivity contribution < 1.29 is 22.8 Å². The van der Waals surface area contributed by atoms with E-state index in [0.29, 0.717) is 18.7 Å². The third-order valence-corrected chi connectivity index (χ3v) is 6.88. The summed E-state index contributed by atoms with van der Waals surface area (Å²) in [5.41, 5.74) is 0.393. The van der Waals surface area contributed by atoms with E-state index in [9.17, 15) is 18.0 Å². The predicted octanol–water partition coefficient (Wildman–Crippen LogP) is 2.03. The fourth-order valence-electron chi connectivity index (χ4n) is 3.44. The zero-order valence-corrected chi connectivity index (χ0v) is 18.4. The highest BCUT2D eigenvalue weighted by molar-refractivity contribution is 7.89. The molecule has 0 radical (unpaired) electrons. The van der Waals surface area contributed by atoms with Crippen LogP contribution in [0, 0.1) is 5.92 Å². The normalized spacial score (nSPS) is 18.5. The fraction of sp³-hybridized carbons (Fsp3) is 0.600. The number of piperidine rings is 1. The minimum atomic E-state index is -3.76. The van der Waals surface area contributed by atoms with Crippen LogP contribution in [0.2, 0.25) is 0 Å². The Bertz CT molecular complexity index is 810. The van der Waals surface area contributed by atoms with Crippen LogP contribution in [0.3, 0.4) is 0 Å². The SMILES string of the molecule is CCC[C@@H](C)NC(=O)[C@H]1CCCN(C(=O)c2ccc(S(=O)(=O)N(C)OC)cc2)C1. The number of likely N-dealkylation sites (tertiary alicyclic amines) is 1. The van der Waals surface area contributed by atoms with Gasteiger partial charge in [-0.25, -0.2) is 8.42 Å². The highest BCUT2D eigenvalue weighted by atomic mass is 32.2. The standard InChI is InChI=1S/C20H31N3O5S/c1-5-7-15(2)21-19(24)17-8-6-13-23(14-17)20(25)16-9-11-18(12-10-16)29(26,27)22(3)28-4/h9-12,15,17H,5-8,13-14H2,1-4H3,(H,21,24)/t15-,17+/m1/s1. The van der Waals surface area contributed by atoms with Gasteiger partial charge in [-0.2, -0.15) is 0 Å². The molecule has 0 bridgehead atoms. The number of carbonyl (C=O) groups is 2. The summed E-state index contributed by atoms with van der Waals surface area (Å²) in [7, 11) is -1.19. The second-order valence-electron chi connectivity index (χ2n) is 7.41. The lowest BCUT2D eigenvalue weighted by Gasteiger charge is -2.32. The first-order valence-corrected chi connectivity index (χ1v) is 11.4. The monoisotopic (exact) mass is 425 g/mol. The molecule has 2 amide bonds. The Balaban J connectivity index is 2.05. The number of nitrogens with one attached hydrogen (secondary N) is 1. The molecule has 29 heavy (non-hydrogen) atoms. The maximum atomic E-state index is 12.9. The summed E-state index contributed by atoms with van der Waals surface area (Å²) in [6.07, 6.45) is 3.45. The van der Waals surface area contributed by atoms with Gasteiger partial charge in [0.1, 0.15) is 0 Å². The molecule has 1 fully saturated rings. The first-order chi connectivity index (χ1) is 13.7. The Labute approximate surface area is 173 Å². The van der Waals surface area contributed by atoms with Crippen molar-refractivity contribution in [2.75, 3.05) is 27.2 Å². The molecule has 8 nitrogen and oxygen atoms in total. The number of hydrogen-bond donors (Lipinski definition) is 1. The van der Waals surface area contributed by atoms with Crippen LogP contribution in [-0.4, -0.2) is 62.9 Å². The van der Waals surface area contributed by atoms with E-state index in [2.05, 4.69) is 12.2 Å². The van der Waals surface area contributed by atoms with Crippen LogP contribution < -0.4 is 5.32 Å². The Hall–Kier alpha value is -1.97. The van der Waals surface area contributed by atoms with Crippen molar-refractivity contribution in [2.45, 2.75) is 50.5 Å². The van der Waals surface area contributed by atoms with E-state index in [-0.39, 0.29) is 28.7 Å². The average Bonchev–Trinajstić information content (AvgIpc) is 2.72. The minimum Gasteiger partial charge on any atom is -0.353 e. The molecule has 1 N–H and O–H groups in total. The fourth-order valence-corrected chi connectivity index (χ4v) is 4.41. The molecule has 1 aliphatic rings. The van der Waals surface area contributed by atoms with Gasteiger partial charge in [0.05, 0.1) is 17.9 Å². The molecule has 0 aliphatic carbocycles. The van der Waals surface area contributed by atoms with Crippen molar-refractivity contribution in [3.05, 3.63) is 29.8 Å². The van der Waals surface area contributed by atoms with Gasteiger partial charge in [-0.15, -0.1) is 0 Å². The minimum absolute atomic E-state index is 0.00695. The number of sulfonamides is 1. The van der Waals surface area contributed by atoms with E-state index in [1.807, 2.05) is 6.92 Å². The number of rotatable bonds is 8. The predicted molar refractivity (Wildman–Crippen MR) is 110 cm³/mol. The highest BCUT2D eigenvalue weighted by Crippen LogP contribution is 2.21. The van der Waals surface area contributed by atoms with Gasteiger partial charge >= 0.3 is 0 Å². The van der Waals surface area contributed by atoms with Crippen molar-refractivity contribution in [2.24, 2.45) is 5.92 Å². The molecule has 0 spiro atoms. The van der Waals surface area contributed by atoms with Crippen LogP contribution in [0.5, 0.6) is 0 Å². The summed E-state index contributed by atoms with van der Waals surface area (Å²) in [6.45, 7) is 5.02. The summed E-state index contributed by atoms with van der Waals surface area (Å²) < 4.78 is 25.3. The van der Waals surface area contributed by atoms with Gasteiger partial charge in [-0.3, -0.25) is 14.4 Å². The van der Waals surface area contributed by atoms with Crippen LogP contribution >= 0.6 is 0 Å². The van der Waals surface area contributed by atoms with Crippen molar-refractivity contribution in [1.82, 2.24) is 14.7 Å². The Morgan fingerprint density at radius 2 is 1.97 bits per heavy atom. The molecule has 2 rings (SSSR count). The molecular formula is C20H31N3O5S. The quantitative estimate of drug-likeness (QED) is 0.643. The summed E-state index contributed by atoms with van der Waals surface area (Å²) in [4.78, 5) is 31.8. The average molecular weight is 426 g/mol. The second-order valence-corrected chi connectivity index (χ2v) is 9.35. The van der Waals surface area contributed by atoms with Gasteiger partial charge < -0.3 is 10.2 Å². The molecule has 0 aromatic heterocycles. The van der Waals surface area contributed by atoms with Crippen LogP contribution in [0.1, 0.15) is 49.9 Å². The molecular weight excluding hydrogens is 394 g/mol. The van der Waals surface area contributed by atoms with E-state index in [1.165, 1.54) is 38.4 Å². The molecule has 0 saturated carbocycles. The lowest BCUT2D eigenvalue weighted by molar-refractivity contribution is -0.127. The molecule has 1 saturated heterocycles. The number of hydroxylamine groups is 1. The van der Waals surface area contributed by atoms with Crippen molar-refractivity contribution in [3.63, 3.8) is 0 Å². The molecule has 2 atom stereocenters. The third-order valence-electron chi connectivity index (χ3n) is 5.18. The molecule has 1 heterocycles. The van der Waals surface area contributed by atoms with E-state index < -0.39 is 10.0 Å². The molecule has 1 aliphatic heterocycles. The Morgan fingerprint density at radius 1 is 1.31 bits per heavy atom. The summed E-state index contributed by atoms with van der Waals surface area (Å²) in [5.74, 6) is -0.428. The summed E-state index contributed by atoms with van der Waals surface area (Å²) in [5, 5.41) is 3.03. The summed E-state index contributed by atoms with van der Waals surface area (Å²) >= 11 is 0. The van der Waals surface area contributed by atoms with Gasteiger partial charge in [0.25, 0.3) is 15.9 Å². The number of amides is 2. The maximum absolute atomic E-state index is 12.9. The second kappa shape index (κ2) is 10.2. The molecule has 162 valence electrons. The Kier molecular flexibility index (Phi) is 8.18. The smallest absolute Gasteiger partial charge is 0.264 e. The van der Waals surface area contributed by atoms with Crippen LogP contribution in [0.25, 0.3) is 0 Å². The third kappa shape index (κ3) is 5.77. The van der Waals surface area contributed by atoms with Crippen LogP contribution in [-0.2, 0) is 19.7 Å². The lowest BCUT2D eigenvalue weighted by atomic mass is 9.96. The van der Waals surface area contributed by atoms with Gasteiger partial charge in [0.2, 0.25) is 5.91 Å². The molecule has 9 heteroatoms. The number of nitrogens with zero attached hydrogens (tertiary/aromatic N) is 2. The van der Waals surface area contributed by atoms with Crippen LogP contribution in [0.15, 0.2) is 29.2 Å². The first-order valence-electron chi connectivity index (χ1n) is 9.93. The van der Waals surface area contributed by atoms with Crippen molar-refractivity contribution in [1.29, 1.82) is 0 Å². The van der Waals surface area contributed by atoms with Gasteiger partial charge in [0.15, 0.2) is 0 Å². The highest BCUT2D eigenvalue weighted by Gasteiger charge is 2.30. The van der Waals surface area contributed by atoms with Gasteiger partial charge in [0, 0.05) is 31.7 Å². The molecule has 1 aromatic rings. The zero-order valence-electron chi connectivity index (χ0n) is 17.6. The molecule has 0 unspecified atom stereocenters. The summed E-state index contributed by atoms with van der Waals surface area (Å²) in [6, 6.07) is 5.88. The van der Waals surface area contributed by atoms with E-state index in [0.717, 1.165) is 30.2 Å².